The van der Waals surface area contributed by atoms with Crippen LogP contribution in [0.5, 0.6) is 0 Å². The van der Waals surface area contributed by atoms with Crippen molar-refractivity contribution in [1.82, 2.24) is 9.97 Å². The number of fused-ring (bicyclic) bond motifs is 1. The summed E-state index contributed by atoms with van der Waals surface area (Å²) in [5.74, 6) is -0.865. The Morgan fingerprint density at radius 2 is 2.06 bits per heavy atom. The summed E-state index contributed by atoms with van der Waals surface area (Å²) in [7, 11) is 0.0330. The molecule has 0 aliphatic rings. The standard InChI is InChI=1S/C23H27FN4O3Si/c1-14-10-15(12-25)6-7-17(14)27-21-16(23(29)30-2)11-18-22(20(21)24)28-19(26-18)13-31-8-9-32(3,4)5/h6-7,10-11,27H,8-9,13H2,1-5H3,(H,26,28). The van der Waals surface area contributed by atoms with Crippen LogP contribution in [0.3, 0.4) is 0 Å². The highest BCUT2D eigenvalue weighted by Crippen LogP contribution is 2.32. The number of hydrogen-bond acceptors (Lipinski definition) is 6. The van der Waals surface area contributed by atoms with Crippen LogP contribution in [-0.2, 0) is 16.1 Å². The number of nitrogens with zero attached hydrogens (tertiary/aromatic N) is 2. The molecule has 3 aromatic rings. The maximum absolute atomic E-state index is 15.5. The van der Waals surface area contributed by atoms with Crippen LogP contribution in [0.1, 0.15) is 27.3 Å². The summed E-state index contributed by atoms with van der Waals surface area (Å²) in [6.45, 7) is 9.45. The minimum atomic E-state index is -1.21. The van der Waals surface area contributed by atoms with Gasteiger partial charge in [-0.05, 0) is 42.8 Å². The van der Waals surface area contributed by atoms with E-state index in [9.17, 15) is 4.79 Å². The average Bonchev–Trinajstić information content (AvgIpc) is 3.16. The molecule has 1 aromatic heterocycles. The number of aromatic amines is 1. The van der Waals surface area contributed by atoms with Gasteiger partial charge in [-0.1, -0.05) is 19.6 Å². The van der Waals surface area contributed by atoms with E-state index in [4.69, 9.17) is 14.7 Å². The highest BCUT2D eigenvalue weighted by atomic mass is 28.3. The van der Waals surface area contributed by atoms with Crippen molar-refractivity contribution in [3.8, 4) is 6.07 Å². The fourth-order valence-corrected chi connectivity index (χ4v) is 3.94. The number of imidazole rings is 1. The number of esters is 1. The quantitative estimate of drug-likeness (QED) is 0.273. The number of benzene rings is 2. The summed E-state index contributed by atoms with van der Waals surface area (Å²) in [4.78, 5) is 19.8. The predicted molar refractivity (Wildman–Crippen MR) is 124 cm³/mol. The zero-order valence-electron chi connectivity index (χ0n) is 18.9. The molecule has 168 valence electrons. The lowest BCUT2D eigenvalue weighted by Crippen LogP contribution is -2.21. The molecule has 2 aromatic carbocycles. The summed E-state index contributed by atoms with van der Waals surface area (Å²) in [5.41, 5.74) is 2.29. The number of halogens is 1. The number of H-pyrrole nitrogens is 1. The Bertz CT molecular complexity index is 1190. The van der Waals surface area contributed by atoms with Crippen molar-refractivity contribution in [1.29, 1.82) is 5.26 Å². The Kier molecular flexibility index (Phi) is 6.96. The Balaban J connectivity index is 1.95. The van der Waals surface area contributed by atoms with Crippen LogP contribution in [0.25, 0.3) is 11.0 Å². The second-order valence-corrected chi connectivity index (χ2v) is 14.4. The van der Waals surface area contributed by atoms with Gasteiger partial charge in [-0.3, -0.25) is 0 Å². The molecule has 3 rings (SSSR count). The zero-order valence-corrected chi connectivity index (χ0v) is 19.9. The summed E-state index contributed by atoms with van der Waals surface area (Å²) in [6, 6.07) is 9.57. The largest absolute Gasteiger partial charge is 0.465 e. The fraction of sp³-hybridized carbons (Fsp3) is 0.348. The molecule has 0 aliphatic carbocycles. The molecule has 2 N–H and O–H groups in total. The number of rotatable bonds is 8. The second-order valence-electron chi connectivity index (χ2n) is 8.81. The third kappa shape index (κ3) is 5.33. The Morgan fingerprint density at radius 3 is 2.69 bits per heavy atom. The van der Waals surface area contributed by atoms with E-state index < -0.39 is 19.9 Å². The first-order valence-corrected chi connectivity index (χ1v) is 14.0. The molecule has 1 heterocycles. The predicted octanol–water partition coefficient (Wildman–Crippen LogP) is 5.27. The van der Waals surface area contributed by atoms with Crippen molar-refractivity contribution in [2.45, 2.75) is 39.2 Å². The van der Waals surface area contributed by atoms with E-state index >= 15 is 4.39 Å². The molecular weight excluding hydrogens is 427 g/mol. The van der Waals surface area contributed by atoms with Crippen LogP contribution in [-0.4, -0.2) is 37.7 Å². The third-order valence-corrected chi connectivity index (χ3v) is 6.73. The number of carbonyl (C=O) groups is 1. The van der Waals surface area contributed by atoms with Crippen molar-refractivity contribution in [3.63, 3.8) is 0 Å². The summed E-state index contributed by atoms with van der Waals surface area (Å²) < 4.78 is 26.1. The summed E-state index contributed by atoms with van der Waals surface area (Å²) >= 11 is 0. The maximum atomic E-state index is 15.5. The Labute approximate surface area is 187 Å². The van der Waals surface area contributed by atoms with Gasteiger partial charge in [-0.25, -0.2) is 14.2 Å². The molecule has 0 spiro atoms. The van der Waals surface area contributed by atoms with Crippen molar-refractivity contribution in [2.75, 3.05) is 19.0 Å². The van der Waals surface area contributed by atoms with E-state index in [1.54, 1.807) is 25.1 Å². The van der Waals surface area contributed by atoms with E-state index in [0.29, 0.717) is 29.2 Å². The first-order valence-electron chi connectivity index (χ1n) is 10.3. The van der Waals surface area contributed by atoms with Crippen molar-refractivity contribution in [2.24, 2.45) is 0 Å². The van der Waals surface area contributed by atoms with Gasteiger partial charge in [-0.15, -0.1) is 0 Å². The van der Waals surface area contributed by atoms with E-state index in [2.05, 4.69) is 41.0 Å². The van der Waals surface area contributed by atoms with Gasteiger partial charge in [0.2, 0.25) is 0 Å². The molecule has 0 atom stereocenters. The molecule has 0 amide bonds. The first-order chi connectivity index (χ1) is 15.1. The topological polar surface area (TPSA) is 100 Å². The molecule has 0 radical (unpaired) electrons. The fourth-order valence-electron chi connectivity index (χ4n) is 3.18. The van der Waals surface area contributed by atoms with Crippen LogP contribution in [0, 0.1) is 24.1 Å². The number of carbonyl (C=O) groups excluding carboxylic acids is 1. The first kappa shape index (κ1) is 23.4. The molecule has 0 fully saturated rings. The summed E-state index contributed by atoms with van der Waals surface area (Å²) in [6.07, 6.45) is 0. The monoisotopic (exact) mass is 454 g/mol. The van der Waals surface area contributed by atoms with Crippen LogP contribution < -0.4 is 5.32 Å². The lowest BCUT2D eigenvalue weighted by Gasteiger charge is -2.14. The summed E-state index contributed by atoms with van der Waals surface area (Å²) in [5, 5.41) is 12.0. The average molecular weight is 455 g/mol. The number of methoxy groups -OCH3 is 1. The number of aromatic nitrogens is 2. The molecule has 0 aliphatic heterocycles. The van der Waals surface area contributed by atoms with Crippen molar-refractivity contribution in [3.05, 3.63) is 52.6 Å². The van der Waals surface area contributed by atoms with Crippen LogP contribution >= 0.6 is 0 Å². The molecule has 0 bridgehead atoms. The van der Waals surface area contributed by atoms with Gasteiger partial charge in [0, 0.05) is 20.4 Å². The highest BCUT2D eigenvalue weighted by Gasteiger charge is 2.23. The molecule has 9 heteroatoms. The number of nitriles is 1. The molecule has 7 nitrogen and oxygen atoms in total. The smallest absolute Gasteiger partial charge is 0.340 e. The zero-order chi connectivity index (χ0) is 23.5. The molecule has 0 saturated heterocycles. The molecular formula is C23H27FN4O3Si. The van der Waals surface area contributed by atoms with E-state index in [-0.39, 0.29) is 23.4 Å². The van der Waals surface area contributed by atoms with Gasteiger partial charge in [0.15, 0.2) is 5.82 Å². The minimum absolute atomic E-state index is 0.0325. The normalized spacial score (nSPS) is 11.4. The number of anilines is 2. The van der Waals surface area contributed by atoms with E-state index in [1.165, 1.54) is 13.2 Å². The Hall–Kier alpha value is -3.22. The molecule has 32 heavy (non-hydrogen) atoms. The Morgan fingerprint density at radius 1 is 1.31 bits per heavy atom. The number of nitrogens with one attached hydrogen (secondary N) is 2. The number of hydrogen-bond donors (Lipinski definition) is 2. The lowest BCUT2D eigenvalue weighted by molar-refractivity contribution is 0.0601. The number of ether oxygens (including phenoxy) is 2. The second kappa shape index (κ2) is 9.50. The minimum Gasteiger partial charge on any atom is -0.465 e. The van der Waals surface area contributed by atoms with Gasteiger partial charge >= 0.3 is 5.97 Å². The van der Waals surface area contributed by atoms with Gasteiger partial charge in [0.25, 0.3) is 0 Å². The van der Waals surface area contributed by atoms with Crippen LogP contribution in [0.4, 0.5) is 15.8 Å². The van der Waals surface area contributed by atoms with Gasteiger partial charge in [0.1, 0.15) is 17.9 Å². The van der Waals surface area contributed by atoms with Crippen LogP contribution in [0.15, 0.2) is 24.3 Å². The maximum Gasteiger partial charge on any atom is 0.340 e. The van der Waals surface area contributed by atoms with Gasteiger partial charge in [-0.2, -0.15) is 5.26 Å². The highest BCUT2D eigenvalue weighted by molar-refractivity contribution is 6.76. The van der Waals surface area contributed by atoms with Gasteiger partial charge in [0.05, 0.1) is 35.5 Å². The van der Waals surface area contributed by atoms with Crippen LogP contribution in [0.2, 0.25) is 25.7 Å². The van der Waals surface area contributed by atoms with Crippen molar-refractivity contribution < 1.29 is 18.7 Å². The van der Waals surface area contributed by atoms with E-state index in [1.807, 2.05) is 0 Å². The van der Waals surface area contributed by atoms with Crippen molar-refractivity contribution >= 4 is 36.5 Å². The molecule has 0 unspecified atom stereocenters. The third-order valence-electron chi connectivity index (χ3n) is 5.02. The number of aryl methyl sites for hydroxylation is 1. The lowest BCUT2D eigenvalue weighted by atomic mass is 10.1. The van der Waals surface area contributed by atoms with Gasteiger partial charge < -0.3 is 19.8 Å². The van der Waals surface area contributed by atoms with E-state index in [0.717, 1.165) is 11.6 Å². The molecule has 0 saturated carbocycles. The SMILES string of the molecule is COC(=O)c1cc2[nH]c(COCC[Si](C)(C)C)nc2c(F)c1Nc1ccc(C#N)cc1C.